The molecule has 1 aromatic rings. The van der Waals surface area contributed by atoms with Crippen LogP contribution in [-0.4, -0.2) is 37.0 Å². The van der Waals surface area contributed by atoms with Gasteiger partial charge in [0.15, 0.2) is 6.61 Å². The molecule has 0 aliphatic rings. The first-order valence-electron chi connectivity index (χ1n) is 6.64. The second-order valence-electron chi connectivity index (χ2n) is 5.11. The fourth-order valence-electron chi connectivity index (χ4n) is 1.61. The molecule has 5 heteroatoms. The summed E-state index contributed by atoms with van der Waals surface area (Å²) in [6, 6.07) is 7.87. The van der Waals surface area contributed by atoms with Crippen LogP contribution < -0.4 is 10.5 Å². The molecule has 0 fully saturated rings. The van der Waals surface area contributed by atoms with Crippen molar-refractivity contribution in [2.75, 3.05) is 20.2 Å². The molecule has 0 spiro atoms. The Bertz CT molecular complexity index is 424. The maximum atomic E-state index is 11.9. The Kier molecular flexibility index (Phi) is 8.26. The van der Waals surface area contributed by atoms with Gasteiger partial charge >= 0.3 is 0 Å². The normalized spacial score (nSPS) is 11.7. The third-order valence-corrected chi connectivity index (χ3v) is 3.28. The molecule has 1 amide bonds. The maximum Gasteiger partial charge on any atom is 0.260 e. The van der Waals surface area contributed by atoms with Gasteiger partial charge in [-0.15, -0.1) is 12.4 Å². The van der Waals surface area contributed by atoms with Crippen LogP contribution in [0.5, 0.6) is 5.75 Å². The minimum absolute atomic E-state index is 0. The number of hydrogen-bond donors (Lipinski definition) is 1. The van der Waals surface area contributed by atoms with Crippen LogP contribution >= 0.6 is 12.4 Å². The molecule has 1 aromatic carbocycles. The molecule has 0 saturated carbocycles. The molecule has 0 aliphatic carbocycles. The van der Waals surface area contributed by atoms with E-state index < -0.39 is 0 Å². The van der Waals surface area contributed by atoms with Crippen LogP contribution in [0, 0.1) is 0 Å². The number of rotatable bonds is 6. The lowest BCUT2D eigenvalue weighted by molar-refractivity contribution is -0.133. The number of nitrogens with zero attached hydrogens (tertiary/aromatic N) is 1. The highest BCUT2D eigenvalue weighted by Crippen LogP contribution is 2.20. The van der Waals surface area contributed by atoms with Gasteiger partial charge in [0.05, 0.1) is 0 Å². The zero-order valence-corrected chi connectivity index (χ0v) is 13.4. The van der Waals surface area contributed by atoms with E-state index in [0.717, 1.165) is 5.75 Å². The lowest BCUT2D eigenvalue weighted by atomic mass is 10.0. The van der Waals surface area contributed by atoms with Crippen LogP contribution in [0.15, 0.2) is 24.3 Å². The third-order valence-electron chi connectivity index (χ3n) is 3.28. The van der Waals surface area contributed by atoms with Gasteiger partial charge in [0.1, 0.15) is 5.75 Å². The number of ether oxygens (including phenoxy) is 1. The Morgan fingerprint density at radius 1 is 1.35 bits per heavy atom. The monoisotopic (exact) mass is 300 g/mol. The molecule has 4 nitrogen and oxygen atoms in total. The van der Waals surface area contributed by atoms with E-state index in [1.165, 1.54) is 5.56 Å². The van der Waals surface area contributed by atoms with Crippen molar-refractivity contribution >= 4 is 18.3 Å². The molecule has 0 bridgehead atoms. The summed E-state index contributed by atoms with van der Waals surface area (Å²) < 4.78 is 5.54. The van der Waals surface area contributed by atoms with Gasteiger partial charge < -0.3 is 15.4 Å². The number of carbonyl (C=O) groups excluding carboxylic acids is 1. The van der Waals surface area contributed by atoms with Crippen molar-refractivity contribution in [1.29, 1.82) is 0 Å². The molecule has 0 heterocycles. The molecular weight excluding hydrogens is 276 g/mol. The number of amides is 1. The average molecular weight is 301 g/mol. The molecular formula is C15H25ClN2O2. The van der Waals surface area contributed by atoms with Gasteiger partial charge in [0.2, 0.25) is 0 Å². The van der Waals surface area contributed by atoms with Crippen LogP contribution in [0.3, 0.4) is 0 Å². The highest BCUT2D eigenvalue weighted by molar-refractivity contribution is 5.85. The number of hydrogen-bond acceptors (Lipinski definition) is 3. The SMILES string of the molecule is CC(C)c1cccc(OCC(=O)N(C)C(C)CN)c1.Cl. The van der Waals surface area contributed by atoms with Crippen molar-refractivity contribution in [2.45, 2.75) is 32.7 Å². The predicted molar refractivity (Wildman–Crippen MR) is 84.6 cm³/mol. The van der Waals surface area contributed by atoms with E-state index in [1.807, 2.05) is 25.1 Å². The van der Waals surface area contributed by atoms with Crippen LogP contribution in [0.2, 0.25) is 0 Å². The Hall–Kier alpha value is -1.26. The van der Waals surface area contributed by atoms with Gasteiger partial charge in [-0.1, -0.05) is 26.0 Å². The minimum Gasteiger partial charge on any atom is -0.484 e. The summed E-state index contributed by atoms with van der Waals surface area (Å²) in [7, 11) is 1.74. The van der Waals surface area contributed by atoms with E-state index in [1.54, 1.807) is 11.9 Å². The van der Waals surface area contributed by atoms with Gasteiger partial charge in [-0.05, 0) is 30.5 Å². The van der Waals surface area contributed by atoms with Gasteiger partial charge in [-0.3, -0.25) is 4.79 Å². The van der Waals surface area contributed by atoms with E-state index in [-0.39, 0.29) is 31.0 Å². The zero-order valence-electron chi connectivity index (χ0n) is 12.6. The van der Waals surface area contributed by atoms with E-state index in [9.17, 15) is 4.79 Å². The summed E-state index contributed by atoms with van der Waals surface area (Å²) in [5.41, 5.74) is 6.74. The lowest BCUT2D eigenvalue weighted by Crippen LogP contribution is -2.42. The zero-order chi connectivity index (χ0) is 14.4. The number of carbonyl (C=O) groups is 1. The molecule has 1 rings (SSSR count). The average Bonchev–Trinajstić information content (AvgIpc) is 2.43. The van der Waals surface area contributed by atoms with Gasteiger partial charge in [0, 0.05) is 19.6 Å². The summed E-state index contributed by atoms with van der Waals surface area (Å²) in [6.45, 7) is 6.66. The Morgan fingerprint density at radius 3 is 2.55 bits per heavy atom. The van der Waals surface area contributed by atoms with E-state index in [4.69, 9.17) is 10.5 Å². The quantitative estimate of drug-likeness (QED) is 0.878. The Labute approximate surface area is 127 Å². The van der Waals surface area contributed by atoms with E-state index in [0.29, 0.717) is 12.5 Å². The minimum atomic E-state index is -0.0621. The van der Waals surface area contributed by atoms with Crippen molar-refractivity contribution in [3.05, 3.63) is 29.8 Å². The summed E-state index contributed by atoms with van der Waals surface area (Å²) in [4.78, 5) is 13.5. The Morgan fingerprint density at radius 2 is 2.00 bits per heavy atom. The third kappa shape index (κ3) is 5.39. The van der Waals surface area contributed by atoms with Crippen LogP contribution in [0.1, 0.15) is 32.3 Å². The van der Waals surface area contributed by atoms with E-state index >= 15 is 0 Å². The molecule has 1 unspecified atom stereocenters. The molecule has 2 N–H and O–H groups in total. The highest BCUT2D eigenvalue weighted by atomic mass is 35.5. The van der Waals surface area contributed by atoms with Crippen LogP contribution in [-0.2, 0) is 4.79 Å². The molecule has 0 radical (unpaired) electrons. The molecule has 0 aromatic heterocycles. The molecule has 114 valence electrons. The van der Waals surface area contributed by atoms with Crippen LogP contribution in [0.4, 0.5) is 0 Å². The van der Waals surface area contributed by atoms with Crippen molar-refractivity contribution in [2.24, 2.45) is 5.73 Å². The van der Waals surface area contributed by atoms with Gasteiger partial charge in [0.25, 0.3) is 5.91 Å². The Balaban J connectivity index is 0.00000361. The fraction of sp³-hybridized carbons (Fsp3) is 0.533. The predicted octanol–water partition coefficient (Wildman–Crippen LogP) is 2.42. The first-order chi connectivity index (χ1) is 8.95. The number of benzene rings is 1. The number of likely N-dealkylation sites (N-methyl/N-ethyl adjacent to an activating group) is 1. The topological polar surface area (TPSA) is 55.6 Å². The molecule has 1 atom stereocenters. The largest absolute Gasteiger partial charge is 0.484 e. The summed E-state index contributed by atoms with van der Waals surface area (Å²) >= 11 is 0. The first-order valence-corrected chi connectivity index (χ1v) is 6.64. The van der Waals surface area contributed by atoms with Gasteiger partial charge in [-0.25, -0.2) is 0 Å². The van der Waals surface area contributed by atoms with Crippen molar-refractivity contribution in [1.82, 2.24) is 4.90 Å². The standard InChI is InChI=1S/C15H24N2O2.ClH/c1-11(2)13-6-5-7-14(8-13)19-10-15(18)17(4)12(3)9-16;/h5-8,11-12H,9-10,16H2,1-4H3;1H. The molecule has 0 aliphatic heterocycles. The molecule has 0 saturated heterocycles. The second-order valence-corrected chi connectivity index (χ2v) is 5.11. The number of nitrogens with two attached hydrogens (primary N) is 1. The second kappa shape index (κ2) is 8.82. The summed E-state index contributed by atoms with van der Waals surface area (Å²) in [5.74, 6) is 1.11. The van der Waals surface area contributed by atoms with E-state index in [2.05, 4.69) is 19.9 Å². The van der Waals surface area contributed by atoms with Crippen molar-refractivity contribution < 1.29 is 9.53 Å². The fourth-order valence-corrected chi connectivity index (χ4v) is 1.61. The van der Waals surface area contributed by atoms with Crippen molar-refractivity contribution in [3.63, 3.8) is 0 Å². The maximum absolute atomic E-state index is 11.9. The molecule has 20 heavy (non-hydrogen) atoms. The highest BCUT2D eigenvalue weighted by Gasteiger charge is 2.14. The summed E-state index contributed by atoms with van der Waals surface area (Å²) in [5, 5.41) is 0. The first kappa shape index (κ1) is 18.7. The lowest BCUT2D eigenvalue weighted by Gasteiger charge is -2.23. The number of halogens is 1. The smallest absolute Gasteiger partial charge is 0.260 e. The van der Waals surface area contributed by atoms with Gasteiger partial charge in [-0.2, -0.15) is 0 Å². The van der Waals surface area contributed by atoms with Crippen molar-refractivity contribution in [3.8, 4) is 5.75 Å². The van der Waals surface area contributed by atoms with Crippen LogP contribution in [0.25, 0.3) is 0 Å². The summed E-state index contributed by atoms with van der Waals surface area (Å²) in [6.07, 6.45) is 0.